The van der Waals surface area contributed by atoms with Gasteiger partial charge in [0.1, 0.15) is 11.5 Å². The third kappa shape index (κ3) is 2.68. The third-order valence-electron chi connectivity index (χ3n) is 3.63. The summed E-state index contributed by atoms with van der Waals surface area (Å²) in [5, 5.41) is 10.1. The molecule has 0 spiro atoms. The number of nitrogens with zero attached hydrogens (tertiary/aromatic N) is 1. The van der Waals surface area contributed by atoms with Crippen LogP contribution in [0.2, 0.25) is 0 Å². The Morgan fingerprint density at radius 3 is 2.52 bits per heavy atom. The van der Waals surface area contributed by atoms with E-state index in [0.29, 0.717) is 28.1 Å². The summed E-state index contributed by atoms with van der Waals surface area (Å²) in [6.45, 7) is 0. The second-order valence-corrected chi connectivity index (χ2v) is 4.94. The summed E-state index contributed by atoms with van der Waals surface area (Å²) in [5.74, 6) is 0.260. The van der Waals surface area contributed by atoms with E-state index < -0.39 is 5.97 Å². The van der Waals surface area contributed by atoms with E-state index in [1.54, 1.807) is 38.5 Å². The number of para-hydroxylation sites is 1. The maximum absolute atomic E-state index is 11.6. The molecule has 0 aliphatic heterocycles. The molecule has 0 atom stereocenters. The highest BCUT2D eigenvalue weighted by molar-refractivity contribution is 6.04. The van der Waals surface area contributed by atoms with Gasteiger partial charge < -0.3 is 14.6 Å². The number of carboxylic acids is 1. The van der Waals surface area contributed by atoms with Gasteiger partial charge in [-0.2, -0.15) is 0 Å². The number of hydrogen-bond donors (Lipinski definition) is 1. The Balaban J connectivity index is 2.31. The van der Waals surface area contributed by atoms with Gasteiger partial charge in [0.15, 0.2) is 0 Å². The van der Waals surface area contributed by atoms with Crippen molar-refractivity contribution >= 4 is 16.9 Å². The topological polar surface area (TPSA) is 68.7 Å². The van der Waals surface area contributed by atoms with Gasteiger partial charge in [0.2, 0.25) is 0 Å². The van der Waals surface area contributed by atoms with Gasteiger partial charge in [0, 0.05) is 17.0 Å². The van der Waals surface area contributed by atoms with Crippen LogP contribution in [0.15, 0.2) is 48.5 Å². The molecule has 0 aliphatic carbocycles. The number of pyridine rings is 1. The van der Waals surface area contributed by atoms with Crippen LogP contribution < -0.4 is 9.47 Å². The highest BCUT2D eigenvalue weighted by Gasteiger charge is 2.15. The fourth-order valence-electron chi connectivity index (χ4n) is 2.51. The summed E-state index contributed by atoms with van der Waals surface area (Å²) in [5.41, 5.74) is 2.03. The molecule has 1 aromatic heterocycles. The monoisotopic (exact) mass is 309 g/mol. The van der Waals surface area contributed by atoms with E-state index in [-0.39, 0.29) is 5.56 Å². The van der Waals surface area contributed by atoms with Crippen molar-refractivity contribution in [2.24, 2.45) is 0 Å². The van der Waals surface area contributed by atoms with E-state index in [0.717, 1.165) is 5.56 Å². The summed E-state index contributed by atoms with van der Waals surface area (Å²) in [6.07, 6.45) is 0. The molecule has 3 rings (SSSR count). The Labute approximate surface area is 133 Å². The van der Waals surface area contributed by atoms with E-state index in [1.807, 2.05) is 24.3 Å². The van der Waals surface area contributed by atoms with Crippen molar-refractivity contribution in [2.75, 3.05) is 14.2 Å². The van der Waals surface area contributed by atoms with Crippen LogP contribution in [0.1, 0.15) is 10.4 Å². The molecule has 2 aromatic carbocycles. The van der Waals surface area contributed by atoms with E-state index in [4.69, 9.17) is 9.47 Å². The van der Waals surface area contributed by atoms with Gasteiger partial charge in [-0.25, -0.2) is 9.78 Å². The lowest BCUT2D eigenvalue weighted by Gasteiger charge is -2.11. The predicted molar refractivity (Wildman–Crippen MR) is 87.2 cm³/mol. The first-order chi connectivity index (χ1) is 11.1. The fraction of sp³-hybridized carbons (Fsp3) is 0.111. The molecule has 0 fully saturated rings. The highest BCUT2D eigenvalue weighted by Crippen LogP contribution is 2.32. The van der Waals surface area contributed by atoms with Crippen LogP contribution in [0.25, 0.3) is 22.2 Å². The summed E-state index contributed by atoms with van der Waals surface area (Å²) in [6, 6.07) is 14.1. The maximum atomic E-state index is 11.6. The quantitative estimate of drug-likeness (QED) is 0.797. The molecule has 23 heavy (non-hydrogen) atoms. The smallest absolute Gasteiger partial charge is 0.336 e. The summed E-state index contributed by atoms with van der Waals surface area (Å²) in [4.78, 5) is 16.2. The van der Waals surface area contributed by atoms with Crippen molar-refractivity contribution in [3.8, 4) is 22.8 Å². The average molecular weight is 309 g/mol. The average Bonchev–Trinajstić information content (AvgIpc) is 2.59. The molecule has 0 radical (unpaired) electrons. The van der Waals surface area contributed by atoms with Gasteiger partial charge in [-0.15, -0.1) is 0 Å². The van der Waals surface area contributed by atoms with Crippen molar-refractivity contribution in [1.29, 1.82) is 0 Å². The molecule has 0 aliphatic rings. The molecule has 0 amide bonds. The van der Waals surface area contributed by atoms with E-state index in [2.05, 4.69) is 4.98 Å². The van der Waals surface area contributed by atoms with Gasteiger partial charge in [-0.3, -0.25) is 0 Å². The van der Waals surface area contributed by atoms with E-state index in [1.165, 1.54) is 0 Å². The molecule has 0 saturated carbocycles. The molecule has 5 nitrogen and oxygen atoms in total. The summed E-state index contributed by atoms with van der Waals surface area (Å²) >= 11 is 0. The molecule has 5 heteroatoms. The first-order valence-electron chi connectivity index (χ1n) is 6.99. The number of carboxylic acid groups (broad SMARTS) is 1. The van der Waals surface area contributed by atoms with Crippen LogP contribution in [0.5, 0.6) is 11.5 Å². The van der Waals surface area contributed by atoms with E-state index >= 15 is 0 Å². The van der Waals surface area contributed by atoms with Crippen LogP contribution in [-0.2, 0) is 0 Å². The molecular formula is C18H15NO4. The largest absolute Gasteiger partial charge is 0.497 e. The van der Waals surface area contributed by atoms with Crippen molar-refractivity contribution in [3.05, 3.63) is 54.1 Å². The molecule has 1 heterocycles. The van der Waals surface area contributed by atoms with Crippen molar-refractivity contribution in [2.45, 2.75) is 0 Å². The minimum Gasteiger partial charge on any atom is -0.497 e. The number of methoxy groups -OCH3 is 2. The van der Waals surface area contributed by atoms with Crippen molar-refractivity contribution in [3.63, 3.8) is 0 Å². The Kier molecular flexibility index (Phi) is 3.85. The number of fused-ring (bicyclic) bond motifs is 1. The van der Waals surface area contributed by atoms with Crippen LogP contribution in [-0.4, -0.2) is 30.3 Å². The molecule has 0 saturated heterocycles. The zero-order valence-corrected chi connectivity index (χ0v) is 12.7. The molecule has 0 bridgehead atoms. The SMILES string of the molecule is COc1ccc2c(C(=O)O)cc(-c3ccccc3OC)nc2c1. The lowest BCUT2D eigenvalue weighted by molar-refractivity contribution is 0.0699. The van der Waals surface area contributed by atoms with Crippen LogP contribution in [0.3, 0.4) is 0 Å². The zero-order valence-electron chi connectivity index (χ0n) is 12.7. The first kappa shape index (κ1) is 14.8. The molecule has 1 N–H and O–H groups in total. The molecule has 116 valence electrons. The van der Waals surface area contributed by atoms with Crippen molar-refractivity contribution in [1.82, 2.24) is 4.98 Å². The Hall–Kier alpha value is -3.08. The minimum atomic E-state index is -1.00. The van der Waals surface area contributed by atoms with E-state index in [9.17, 15) is 9.90 Å². The number of rotatable bonds is 4. The standard InChI is InChI=1S/C18H15NO4/c1-22-11-7-8-12-14(18(20)21)10-16(19-15(12)9-11)13-5-3-4-6-17(13)23-2/h3-10H,1-2H3,(H,20,21). The lowest BCUT2D eigenvalue weighted by Crippen LogP contribution is -2.01. The summed E-state index contributed by atoms with van der Waals surface area (Å²) < 4.78 is 10.5. The van der Waals surface area contributed by atoms with Gasteiger partial charge in [-0.1, -0.05) is 12.1 Å². The number of carbonyl (C=O) groups is 1. The number of aromatic carboxylic acids is 1. The molecular weight excluding hydrogens is 294 g/mol. The van der Waals surface area contributed by atoms with Crippen LogP contribution >= 0.6 is 0 Å². The Bertz CT molecular complexity index is 889. The predicted octanol–water partition coefficient (Wildman–Crippen LogP) is 3.62. The fourth-order valence-corrected chi connectivity index (χ4v) is 2.51. The molecule has 3 aromatic rings. The summed E-state index contributed by atoms with van der Waals surface area (Å²) in [7, 11) is 3.13. The van der Waals surface area contributed by atoms with Crippen LogP contribution in [0.4, 0.5) is 0 Å². The highest BCUT2D eigenvalue weighted by atomic mass is 16.5. The number of benzene rings is 2. The van der Waals surface area contributed by atoms with Crippen molar-refractivity contribution < 1.29 is 19.4 Å². The zero-order chi connectivity index (χ0) is 16.4. The molecule has 0 unspecified atom stereocenters. The Morgan fingerprint density at radius 2 is 1.83 bits per heavy atom. The second kappa shape index (κ2) is 5.96. The van der Waals surface area contributed by atoms with Crippen LogP contribution in [0, 0.1) is 0 Å². The number of ether oxygens (including phenoxy) is 2. The lowest BCUT2D eigenvalue weighted by atomic mass is 10.0. The first-order valence-corrected chi connectivity index (χ1v) is 6.99. The number of aromatic nitrogens is 1. The normalized spacial score (nSPS) is 10.5. The van der Waals surface area contributed by atoms with Gasteiger partial charge in [0.05, 0.1) is 31.0 Å². The van der Waals surface area contributed by atoms with Gasteiger partial charge in [0.25, 0.3) is 0 Å². The maximum Gasteiger partial charge on any atom is 0.336 e. The Morgan fingerprint density at radius 1 is 1.04 bits per heavy atom. The number of hydrogen-bond acceptors (Lipinski definition) is 4. The minimum absolute atomic E-state index is 0.193. The second-order valence-electron chi connectivity index (χ2n) is 4.94. The van der Waals surface area contributed by atoms with Gasteiger partial charge >= 0.3 is 5.97 Å². The third-order valence-corrected chi connectivity index (χ3v) is 3.63. The van der Waals surface area contributed by atoms with Gasteiger partial charge in [-0.05, 0) is 30.3 Å².